The molecule has 0 unspecified atom stereocenters. The van der Waals surface area contributed by atoms with Crippen LogP contribution in [0, 0.1) is 0 Å². The Morgan fingerprint density at radius 1 is 1.14 bits per heavy atom. The molecule has 0 spiro atoms. The van der Waals surface area contributed by atoms with E-state index in [1.165, 1.54) is 6.42 Å². The van der Waals surface area contributed by atoms with E-state index in [0.29, 0.717) is 6.61 Å². The summed E-state index contributed by atoms with van der Waals surface area (Å²) in [5, 5.41) is 0. The molecule has 0 rings (SSSR count). The SMILES string of the molecule is CCCCCCOC(=O)CCC(N)=O. The highest BCUT2D eigenvalue weighted by Gasteiger charge is 2.04. The van der Waals surface area contributed by atoms with E-state index in [-0.39, 0.29) is 18.8 Å². The largest absolute Gasteiger partial charge is 0.466 e. The molecule has 0 saturated carbocycles. The lowest BCUT2D eigenvalue weighted by Gasteiger charge is -2.03. The fourth-order valence-electron chi connectivity index (χ4n) is 1.01. The minimum atomic E-state index is -0.465. The van der Waals surface area contributed by atoms with Crippen molar-refractivity contribution in [3.8, 4) is 0 Å². The Morgan fingerprint density at radius 2 is 1.86 bits per heavy atom. The fraction of sp³-hybridized carbons (Fsp3) is 0.800. The first-order chi connectivity index (χ1) is 6.66. The van der Waals surface area contributed by atoms with Gasteiger partial charge < -0.3 is 10.5 Å². The van der Waals surface area contributed by atoms with Crippen LogP contribution in [0.2, 0.25) is 0 Å². The van der Waals surface area contributed by atoms with Gasteiger partial charge in [-0.25, -0.2) is 0 Å². The zero-order valence-corrected chi connectivity index (χ0v) is 8.75. The monoisotopic (exact) mass is 201 g/mol. The molecule has 0 heterocycles. The van der Waals surface area contributed by atoms with E-state index < -0.39 is 5.91 Å². The summed E-state index contributed by atoms with van der Waals surface area (Å²) in [4.78, 5) is 21.3. The molecule has 0 saturated heterocycles. The summed E-state index contributed by atoms with van der Waals surface area (Å²) in [5.41, 5.74) is 4.89. The molecule has 4 nitrogen and oxygen atoms in total. The zero-order valence-electron chi connectivity index (χ0n) is 8.75. The number of rotatable bonds is 8. The van der Waals surface area contributed by atoms with Gasteiger partial charge in [0.2, 0.25) is 5.91 Å². The lowest BCUT2D eigenvalue weighted by atomic mass is 10.2. The second-order valence-electron chi connectivity index (χ2n) is 3.25. The molecule has 0 aromatic heterocycles. The van der Waals surface area contributed by atoms with Crippen LogP contribution >= 0.6 is 0 Å². The molecule has 0 aromatic carbocycles. The maximum Gasteiger partial charge on any atom is 0.306 e. The molecule has 14 heavy (non-hydrogen) atoms. The summed E-state index contributed by atoms with van der Waals surface area (Å²) < 4.78 is 4.89. The molecular weight excluding hydrogens is 182 g/mol. The first-order valence-electron chi connectivity index (χ1n) is 5.10. The van der Waals surface area contributed by atoms with Crippen molar-refractivity contribution in [2.45, 2.75) is 45.4 Å². The van der Waals surface area contributed by atoms with Gasteiger partial charge in [0.05, 0.1) is 13.0 Å². The average molecular weight is 201 g/mol. The molecule has 4 heteroatoms. The highest BCUT2D eigenvalue weighted by atomic mass is 16.5. The Labute approximate surface area is 84.8 Å². The third-order valence-corrected chi connectivity index (χ3v) is 1.84. The second kappa shape index (κ2) is 8.53. The number of hydrogen-bond acceptors (Lipinski definition) is 3. The van der Waals surface area contributed by atoms with Crippen LogP contribution in [0.25, 0.3) is 0 Å². The smallest absolute Gasteiger partial charge is 0.306 e. The van der Waals surface area contributed by atoms with Crippen molar-refractivity contribution >= 4 is 11.9 Å². The summed E-state index contributed by atoms with van der Waals surface area (Å²) in [6.07, 6.45) is 4.49. The van der Waals surface area contributed by atoms with Crippen LogP contribution in [0.5, 0.6) is 0 Å². The van der Waals surface area contributed by atoms with Crippen molar-refractivity contribution in [3.05, 3.63) is 0 Å². The van der Waals surface area contributed by atoms with Gasteiger partial charge in [0.15, 0.2) is 0 Å². The van der Waals surface area contributed by atoms with Gasteiger partial charge in [-0.1, -0.05) is 26.2 Å². The quantitative estimate of drug-likeness (QED) is 0.476. The van der Waals surface area contributed by atoms with Gasteiger partial charge in [0.1, 0.15) is 0 Å². The van der Waals surface area contributed by atoms with Gasteiger partial charge >= 0.3 is 5.97 Å². The zero-order chi connectivity index (χ0) is 10.8. The normalized spacial score (nSPS) is 9.79. The predicted molar refractivity (Wildman–Crippen MR) is 53.5 cm³/mol. The van der Waals surface area contributed by atoms with Crippen LogP contribution in [-0.4, -0.2) is 18.5 Å². The summed E-state index contributed by atoms with van der Waals surface area (Å²) in [6, 6.07) is 0. The Kier molecular flexibility index (Phi) is 7.89. The molecule has 2 N–H and O–H groups in total. The van der Waals surface area contributed by atoms with Crippen molar-refractivity contribution < 1.29 is 14.3 Å². The van der Waals surface area contributed by atoms with Crippen LogP contribution in [0.3, 0.4) is 0 Å². The Morgan fingerprint density at radius 3 is 2.43 bits per heavy atom. The molecule has 0 atom stereocenters. The van der Waals surface area contributed by atoms with Gasteiger partial charge in [0.25, 0.3) is 0 Å². The van der Waals surface area contributed by atoms with E-state index in [1.54, 1.807) is 0 Å². The second-order valence-corrected chi connectivity index (χ2v) is 3.25. The van der Waals surface area contributed by atoms with Crippen LogP contribution < -0.4 is 5.73 Å². The van der Waals surface area contributed by atoms with Crippen molar-refractivity contribution in [1.82, 2.24) is 0 Å². The Bertz CT molecular complexity index is 180. The Balaban J connectivity index is 3.22. The minimum Gasteiger partial charge on any atom is -0.466 e. The van der Waals surface area contributed by atoms with Crippen LogP contribution in [-0.2, 0) is 14.3 Å². The first kappa shape index (κ1) is 12.9. The summed E-state index contributed by atoms with van der Waals surface area (Å²) >= 11 is 0. The number of amides is 1. The molecule has 0 aromatic rings. The molecule has 0 aliphatic carbocycles. The number of primary amides is 1. The predicted octanol–water partition coefficient (Wildman–Crippen LogP) is 1.38. The molecule has 1 amide bonds. The van der Waals surface area contributed by atoms with Gasteiger partial charge in [-0.15, -0.1) is 0 Å². The highest BCUT2D eigenvalue weighted by Crippen LogP contribution is 2.00. The van der Waals surface area contributed by atoms with Gasteiger partial charge in [-0.2, -0.15) is 0 Å². The standard InChI is InChI=1S/C10H19NO3/c1-2-3-4-5-8-14-10(13)7-6-9(11)12/h2-8H2,1H3,(H2,11,12). The lowest BCUT2D eigenvalue weighted by molar-refractivity contribution is -0.144. The number of carbonyl (C=O) groups is 2. The van der Waals surface area contributed by atoms with Gasteiger partial charge in [-0.3, -0.25) is 9.59 Å². The number of ether oxygens (including phenoxy) is 1. The topological polar surface area (TPSA) is 69.4 Å². The first-order valence-corrected chi connectivity index (χ1v) is 5.10. The summed E-state index contributed by atoms with van der Waals surface area (Å²) in [7, 11) is 0. The molecular formula is C10H19NO3. The summed E-state index contributed by atoms with van der Waals surface area (Å²) in [5.74, 6) is -0.798. The third-order valence-electron chi connectivity index (χ3n) is 1.84. The number of hydrogen-bond donors (Lipinski definition) is 1. The van der Waals surface area contributed by atoms with Gasteiger partial charge in [-0.05, 0) is 6.42 Å². The van der Waals surface area contributed by atoms with E-state index in [1.807, 2.05) is 0 Å². The van der Waals surface area contributed by atoms with E-state index in [2.05, 4.69) is 6.92 Å². The lowest BCUT2D eigenvalue weighted by Crippen LogP contribution is -2.14. The van der Waals surface area contributed by atoms with Crippen LogP contribution in [0.15, 0.2) is 0 Å². The third kappa shape index (κ3) is 9.03. The minimum absolute atomic E-state index is 0.0772. The molecule has 0 aliphatic rings. The van der Waals surface area contributed by atoms with Crippen LogP contribution in [0.4, 0.5) is 0 Å². The Hall–Kier alpha value is -1.06. The maximum absolute atomic E-state index is 11.0. The molecule has 0 aliphatic heterocycles. The number of esters is 1. The molecule has 82 valence electrons. The maximum atomic E-state index is 11.0. The number of unbranched alkanes of at least 4 members (excludes halogenated alkanes) is 3. The number of carbonyl (C=O) groups excluding carboxylic acids is 2. The van der Waals surface area contributed by atoms with Crippen molar-refractivity contribution in [2.24, 2.45) is 5.73 Å². The van der Waals surface area contributed by atoms with E-state index in [9.17, 15) is 9.59 Å². The van der Waals surface area contributed by atoms with Crippen molar-refractivity contribution in [3.63, 3.8) is 0 Å². The van der Waals surface area contributed by atoms with Crippen molar-refractivity contribution in [2.75, 3.05) is 6.61 Å². The molecule has 0 bridgehead atoms. The fourth-order valence-corrected chi connectivity index (χ4v) is 1.01. The van der Waals surface area contributed by atoms with Crippen molar-refractivity contribution in [1.29, 1.82) is 0 Å². The number of nitrogens with two attached hydrogens (primary N) is 1. The highest BCUT2D eigenvalue weighted by molar-refractivity contribution is 5.79. The van der Waals surface area contributed by atoms with E-state index in [0.717, 1.165) is 19.3 Å². The van der Waals surface area contributed by atoms with E-state index >= 15 is 0 Å². The van der Waals surface area contributed by atoms with Gasteiger partial charge in [0, 0.05) is 6.42 Å². The van der Waals surface area contributed by atoms with E-state index in [4.69, 9.17) is 10.5 Å². The average Bonchev–Trinajstić information content (AvgIpc) is 2.14. The van der Waals surface area contributed by atoms with Crippen LogP contribution in [0.1, 0.15) is 45.4 Å². The summed E-state index contributed by atoms with van der Waals surface area (Å²) in [6.45, 7) is 2.58. The molecule has 0 radical (unpaired) electrons. The molecule has 0 fully saturated rings.